The summed E-state index contributed by atoms with van der Waals surface area (Å²) in [6, 6.07) is 0. The number of unbranched alkanes of at least 4 members (excludes halogenated alkanes) is 9. The van der Waals surface area contributed by atoms with Crippen LogP contribution in [-0.2, 0) is 14.3 Å². The molecule has 0 amide bonds. The number of aliphatic carboxylic acids is 1. The Balaban J connectivity index is -0.000000578. The Morgan fingerprint density at radius 3 is 1.48 bits per heavy atom. The van der Waals surface area contributed by atoms with Crippen LogP contribution in [0, 0.1) is 0 Å². The monoisotopic (exact) mass is 333 g/mol. The van der Waals surface area contributed by atoms with Crippen molar-refractivity contribution in [1.82, 2.24) is 6.15 Å². The molecular formula is C18H39NO4. The molecule has 0 heterocycles. The number of hydrogen-bond acceptors (Lipinski definition) is 4. The van der Waals surface area contributed by atoms with Gasteiger partial charge in [-0.2, -0.15) is 0 Å². The van der Waals surface area contributed by atoms with E-state index in [0.717, 1.165) is 6.42 Å². The molecule has 5 heteroatoms. The summed E-state index contributed by atoms with van der Waals surface area (Å²) < 4.78 is 5.02. The summed E-state index contributed by atoms with van der Waals surface area (Å²) in [6.07, 6.45) is 13.9. The van der Waals surface area contributed by atoms with E-state index < -0.39 is 5.97 Å². The van der Waals surface area contributed by atoms with Crippen molar-refractivity contribution in [2.75, 3.05) is 6.61 Å². The van der Waals surface area contributed by atoms with Gasteiger partial charge in [-0.25, -0.2) is 0 Å². The number of carbonyl (C=O) groups is 2. The van der Waals surface area contributed by atoms with E-state index in [2.05, 4.69) is 6.92 Å². The van der Waals surface area contributed by atoms with Gasteiger partial charge in [0, 0.05) is 12.8 Å². The van der Waals surface area contributed by atoms with Crippen molar-refractivity contribution in [2.24, 2.45) is 0 Å². The highest BCUT2D eigenvalue weighted by molar-refractivity contribution is 5.68. The fourth-order valence-electron chi connectivity index (χ4n) is 1.88. The Labute approximate surface area is 142 Å². The molecule has 0 saturated carbocycles. The minimum atomic E-state index is -0.745. The number of ether oxygens (including phenoxy) is 1. The number of rotatable bonds is 13. The van der Waals surface area contributed by atoms with Crippen LogP contribution in [0.4, 0.5) is 0 Å². The lowest BCUT2D eigenvalue weighted by Crippen LogP contribution is -2.03. The first-order valence-corrected chi connectivity index (χ1v) is 8.95. The first-order chi connectivity index (χ1) is 10.6. The van der Waals surface area contributed by atoms with Crippen LogP contribution < -0.4 is 6.15 Å². The standard InChI is InChI=1S/C15H30O2.C3H6O2.H3N/c1-3-5-6-7-8-9-10-11-12-13-14-17-15(16)4-2;1-2-3(4)5;/h3-14H2,1-2H3;2H2,1H3,(H,4,5);1H3. The Hall–Kier alpha value is -1.10. The van der Waals surface area contributed by atoms with Gasteiger partial charge in [0.1, 0.15) is 0 Å². The lowest BCUT2D eigenvalue weighted by molar-refractivity contribution is -0.143. The molecule has 140 valence electrons. The first kappa shape index (κ1) is 26.8. The van der Waals surface area contributed by atoms with E-state index in [1.54, 1.807) is 6.92 Å². The molecule has 4 N–H and O–H groups in total. The third kappa shape index (κ3) is 29.5. The molecule has 0 aliphatic heterocycles. The van der Waals surface area contributed by atoms with Crippen molar-refractivity contribution in [3.63, 3.8) is 0 Å². The molecule has 0 aliphatic rings. The van der Waals surface area contributed by atoms with Crippen molar-refractivity contribution in [2.45, 2.75) is 97.8 Å². The summed E-state index contributed by atoms with van der Waals surface area (Å²) in [5.41, 5.74) is 0. The van der Waals surface area contributed by atoms with Gasteiger partial charge in [0.2, 0.25) is 0 Å². The Bertz CT molecular complexity index is 257. The van der Waals surface area contributed by atoms with Gasteiger partial charge in [0.15, 0.2) is 0 Å². The molecule has 0 aliphatic carbocycles. The summed E-state index contributed by atoms with van der Waals surface area (Å²) in [7, 11) is 0. The van der Waals surface area contributed by atoms with Gasteiger partial charge in [-0.05, 0) is 6.42 Å². The predicted molar refractivity (Wildman–Crippen MR) is 96.0 cm³/mol. The molecule has 0 fully saturated rings. The molecular weight excluding hydrogens is 294 g/mol. The van der Waals surface area contributed by atoms with E-state index in [0.29, 0.717) is 13.0 Å². The smallest absolute Gasteiger partial charge is 0.305 e. The van der Waals surface area contributed by atoms with Crippen LogP contribution in [0.25, 0.3) is 0 Å². The van der Waals surface area contributed by atoms with Gasteiger partial charge in [0.25, 0.3) is 0 Å². The predicted octanol–water partition coefficient (Wildman–Crippen LogP) is 5.50. The second-order valence-electron chi connectivity index (χ2n) is 5.50. The van der Waals surface area contributed by atoms with E-state index in [1.165, 1.54) is 57.8 Å². The SMILES string of the molecule is CCC(=O)O.CCCCCCCCCCCCOC(=O)CC.N. The number of carboxylic acids is 1. The second-order valence-corrected chi connectivity index (χ2v) is 5.50. The van der Waals surface area contributed by atoms with Crippen molar-refractivity contribution < 1.29 is 19.4 Å². The van der Waals surface area contributed by atoms with Gasteiger partial charge in [-0.15, -0.1) is 0 Å². The zero-order valence-corrected chi connectivity index (χ0v) is 15.6. The zero-order valence-electron chi connectivity index (χ0n) is 15.6. The van der Waals surface area contributed by atoms with Crippen LogP contribution in [-0.4, -0.2) is 23.7 Å². The zero-order chi connectivity index (χ0) is 17.1. The highest BCUT2D eigenvalue weighted by Crippen LogP contribution is 2.10. The maximum atomic E-state index is 10.8. The number of carbonyl (C=O) groups excluding carboxylic acids is 1. The maximum Gasteiger partial charge on any atom is 0.305 e. The molecule has 0 spiro atoms. The maximum absolute atomic E-state index is 10.8. The van der Waals surface area contributed by atoms with E-state index in [4.69, 9.17) is 9.84 Å². The topological polar surface area (TPSA) is 98.6 Å². The molecule has 0 aromatic rings. The lowest BCUT2D eigenvalue weighted by Gasteiger charge is -2.03. The van der Waals surface area contributed by atoms with E-state index in [1.807, 2.05) is 6.92 Å². The largest absolute Gasteiger partial charge is 0.481 e. The van der Waals surface area contributed by atoms with Gasteiger partial charge in [-0.1, -0.05) is 78.6 Å². The molecule has 0 bridgehead atoms. The molecule has 0 radical (unpaired) electrons. The average Bonchev–Trinajstić information content (AvgIpc) is 2.52. The molecule has 0 aromatic carbocycles. The van der Waals surface area contributed by atoms with Gasteiger partial charge in [-0.3, -0.25) is 9.59 Å². The van der Waals surface area contributed by atoms with Crippen molar-refractivity contribution in [3.8, 4) is 0 Å². The molecule has 0 saturated heterocycles. The third-order valence-electron chi connectivity index (χ3n) is 3.35. The van der Waals surface area contributed by atoms with Crippen LogP contribution in [0.3, 0.4) is 0 Å². The quantitative estimate of drug-likeness (QED) is 0.342. The first-order valence-electron chi connectivity index (χ1n) is 8.95. The van der Waals surface area contributed by atoms with Gasteiger partial charge >= 0.3 is 11.9 Å². The van der Waals surface area contributed by atoms with Gasteiger partial charge in [0.05, 0.1) is 6.61 Å². The summed E-state index contributed by atoms with van der Waals surface area (Å²) in [5.74, 6) is -0.814. The van der Waals surface area contributed by atoms with Crippen molar-refractivity contribution in [3.05, 3.63) is 0 Å². The third-order valence-corrected chi connectivity index (χ3v) is 3.35. The number of esters is 1. The highest BCUT2D eigenvalue weighted by atomic mass is 16.5. The van der Waals surface area contributed by atoms with Crippen LogP contribution in [0.1, 0.15) is 97.8 Å². The second kappa shape index (κ2) is 23.2. The van der Waals surface area contributed by atoms with Crippen LogP contribution >= 0.6 is 0 Å². The number of hydrogen-bond donors (Lipinski definition) is 2. The lowest BCUT2D eigenvalue weighted by atomic mass is 10.1. The summed E-state index contributed by atoms with van der Waals surface area (Å²) in [6.45, 7) is 6.30. The van der Waals surface area contributed by atoms with Crippen LogP contribution in [0.2, 0.25) is 0 Å². The minimum absolute atomic E-state index is 0. The summed E-state index contributed by atoms with van der Waals surface area (Å²) in [5, 5.41) is 7.72. The minimum Gasteiger partial charge on any atom is -0.481 e. The van der Waals surface area contributed by atoms with E-state index in [9.17, 15) is 9.59 Å². The van der Waals surface area contributed by atoms with Gasteiger partial charge < -0.3 is 16.0 Å². The highest BCUT2D eigenvalue weighted by Gasteiger charge is 1.97. The molecule has 0 atom stereocenters. The normalized spacial score (nSPS) is 9.35. The molecule has 0 aromatic heterocycles. The molecule has 23 heavy (non-hydrogen) atoms. The Morgan fingerprint density at radius 2 is 1.13 bits per heavy atom. The molecule has 5 nitrogen and oxygen atoms in total. The Morgan fingerprint density at radius 1 is 0.739 bits per heavy atom. The number of carboxylic acid groups (broad SMARTS) is 1. The fourth-order valence-corrected chi connectivity index (χ4v) is 1.88. The van der Waals surface area contributed by atoms with Crippen LogP contribution in [0.15, 0.2) is 0 Å². The summed E-state index contributed by atoms with van der Waals surface area (Å²) in [4.78, 5) is 20.2. The van der Waals surface area contributed by atoms with E-state index in [-0.39, 0.29) is 18.5 Å². The average molecular weight is 334 g/mol. The molecule has 0 rings (SSSR count). The summed E-state index contributed by atoms with van der Waals surface area (Å²) >= 11 is 0. The van der Waals surface area contributed by atoms with E-state index >= 15 is 0 Å². The molecule has 0 unspecified atom stereocenters. The Kier molecular flexibility index (Phi) is 27.0. The van der Waals surface area contributed by atoms with Crippen LogP contribution in [0.5, 0.6) is 0 Å². The van der Waals surface area contributed by atoms with Crippen molar-refractivity contribution >= 4 is 11.9 Å². The van der Waals surface area contributed by atoms with Crippen molar-refractivity contribution in [1.29, 1.82) is 0 Å². The fraction of sp³-hybridized carbons (Fsp3) is 0.889.